The van der Waals surface area contributed by atoms with E-state index in [1.54, 1.807) is 11.8 Å². The number of hydrogen-bond donors (Lipinski definition) is 1. The molecule has 6 nitrogen and oxygen atoms in total. The average molecular weight is 419 g/mol. The summed E-state index contributed by atoms with van der Waals surface area (Å²) >= 11 is 1.69. The van der Waals surface area contributed by atoms with Crippen molar-refractivity contribution in [2.45, 2.75) is 69.3 Å². The van der Waals surface area contributed by atoms with Crippen molar-refractivity contribution < 1.29 is 19.4 Å². The van der Waals surface area contributed by atoms with Crippen LogP contribution in [0.15, 0.2) is 17.2 Å². The third-order valence-corrected chi connectivity index (χ3v) is 7.77. The normalized spacial score (nSPS) is 29.0. The Balaban J connectivity index is 1.57. The van der Waals surface area contributed by atoms with Crippen molar-refractivity contribution in [3.63, 3.8) is 0 Å². The Morgan fingerprint density at radius 3 is 2.52 bits per heavy atom. The van der Waals surface area contributed by atoms with Gasteiger partial charge in [0.1, 0.15) is 16.4 Å². The maximum atomic E-state index is 12.8. The van der Waals surface area contributed by atoms with Gasteiger partial charge in [0.25, 0.3) is 0 Å². The van der Waals surface area contributed by atoms with Gasteiger partial charge < -0.3 is 14.7 Å². The number of rotatable bonds is 5. The lowest BCUT2D eigenvalue weighted by atomic mass is 10.1. The zero-order chi connectivity index (χ0) is 21.0. The van der Waals surface area contributed by atoms with Gasteiger partial charge in [-0.2, -0.15) is 0 Å². The molecule has 7 heteroatoms. The predicted molar refractivity (Wildman–Crippen MR) is 112 cm³/mol. The van der Waals surface area contributed by atoms with E-state index in [2.05, 4.69) is 11.8 Å². The molecule has 0 radical (unpaired) electrons. The number of fused-ring (bicyclic) bond motifs is 1. The number of thioether (sulfide) groups is 1. The van der Waals surface area contributed by atoms with Crippen LogP contribution in [0.5, 0.6) is 0 Å². The summed E-state index contributed by atoms with van der Waals surface area (Å²) in [6.07, 6.45) is 4.74. The average Bonchev–Trinajstić information content (AvgIpc) is 2.96. The molecule has 1 aromatic heterocycles. The van der Waals surface area contributed by atoms with Gasteiger partial charge in [-0.3, -0.25) is 4.79 Å². The Morgan fingerprint density at radius 2 is 1.97 bits per heavy atom. The van der Waals surface area contributed by atoms with E-state index < -0.39 is 11.6 Å². The molecular weight excluding hydrogens is 388 g/mol. The Labute approximate surface area is 176 Å². The van der Waals surface area contributed by atoms with E-state index in [0.717, 1.165) is 23.7 Å². The Kier molecular flexibility index (Phi) is 5.08. The summed E-state index contributed by atoms with van der Waals surface area (Å²) in [5, 5.41) is 10.6. The summed E-state index contributed by atoms with van der Waals surface area (Å²) in [6, 6.07) is 3.70. The van der Waals surface area contributed by atoms with Gasteiger partial charge in [-0.1, -0.05) is 19.8 Å². The second kappa shape index (κ2) is 7.18. The van der Waals surface area contributed by atoms with Crippen molar-refractivity contribution in [2.24, 2.45) is 17.3 Å². The molecule has 3 atom stereocenters. The van der Waals surface area contributed by atoms with Crippen molar-refractivity contribution in [1.29, 1.82) is 0 Å². The number of carboxylic acid groups (broad SMARTS) is 1. The van der Waals surface area contributed by atoms with E-state index in [1.165, 1.54) is 12.8 Å². The van der Waals surface area contributed by atoms with E-state index in [1.807, 2.05) is 32.9 Å². The molecule has 3 aliphatic rings. The number of nitrogens with zero attached hydrogens (tertiary/aromatic N) is 2. The van der Waals surface area contributed by atoms with Crippen LogP contribution in [0.4, 0.5) is 5.82 Å². The Morgan fingerprint density at radius 1 is 1.28 bits per heavy atom. The smallest absolute Gasteiger partial charge is 0.341 e. The van der Waals surface area contributed by atoms with Gasteiger partial charge in [0.05, 0.1) is 11.5 Å². The number of anilines is 1. The number of carbonyl (C=O) groups is 2. The molecule has 0 spiro atoms. The third kappa shape index (κ3) is 3.98. The Bertz CT molecular complexity index is 831. The summed E-state index contributed by atoms with van der Waals surface area (Å²) in [4.78, 5) is 31.2. The molecule has 4 rings (SSSR count). The molecule has 1 aromatic rings. The maximum absolute atomic E-state index is 12.8. The van der Waals surface area contributed by atoms with Crippen LogP contribution in [0.1, 0.15) is 63.7 Å². The highest BCUT2D eigenvalue weighted by Gasteiger charge is 2.69. The van der Waals surface area contributed by atoms with Gasteiger partial charge in [0.15, 0.2) is 0 Å². The summed E-state index contributed by atoms with van der Waals surface area (Å²) in [5.41, 5.74) is -0.197. The highest BCUT2D eigenvalue weighted by molar-refractivity contribution is 7.99. The first kappa shape index (κ1) is 20.5. The van der Waals surface area contributed by atoms with E-state index in [-0.39, 0.29) is 23.2 Å². The molecule has 1 unspecified atom stereocenters. The van der Waals surface area contributed by atoms with Crippen molar-refractivity contribution in [1.82, 2.24) is 4.98 Å². The van der Waals surface area contributed by atoms with Crippen LogP contribution in [0.3, 0.4) is 0 Å². The summed E-state index contributed by atoms with van der Waals surface area (Å²) in [7, 11) is 0. The number of pyridine rings is 1. The summed E-state index contributed by atoms with van der Waals surface area (Å²) in [5.74, 6) is -0.261. The standard InChI is InChI=1S/C22H30N2O4S/c1-21(2,3)28-20(27)14-9-10-16(23-18(14)29-13-7-5-6-8-13)24-11-15-17(19(25)26)22(15,4)12-24/h9-10,13,15,17H,5-8,11-12H2,1-4H3,(H,25,26)/t15-,17?,22+/m0/s1. The van der Waals surface area contributed by atoms with Crippen LogP contribution in [-0.4, -0.2) is 46.0 Å². The molecule has 0 aromatic carbocycles. The van der Waals surface area contributed by atoms with Gasteiger partial charge >= 0.3 is 11.9 Å². The van der Waals surface area contributed by atoms with Crippen LogP contribution in [0, 0.1) is 17.3 Å². The van der Waals surface area contributed by atoms with E-state index >= 15 is 0 Å². The lowest BCUT2D eigenvalue weighted by Crippen LogP contribution is -2.29. The Hall–Kier alpha value is -1.76. The minimum atomic E-state index is -0.692. The molecule has 1 N–H and O–H groups in total. The van der Waals surface area contributed by atoms with Crippen LogP contribution in [0.2, 0.25) is 0 Å². The van der Waals surface area contributed by atoms with Crippen molar-refractivity contribution in [2.75, 3.05) is 18.0 Å². The molecule has 1 saturated heterocycles. The van der Waals surface area contributed by atoms with Crippen LogP contribution in [-0.2, 0) is 9.53 Å². The number of ether oxygens (including phenoxy) is 1. The van der Waals surface area contributed by atoms with E-state index in [9.17, 15) is 14.7 Å². The van der Waals surface area contributed by atoms with Crippen molar-refractivity contribution >= 4 is 29.5 Å². The quantitative estimate of drug-likeness (QED) is 0.717. The zero-order valence-electron chi connectivity index (χ0n) is 17.6. The van der Waals surface area contributed by atoms with Crippen LogP contribution >= 0.6 is 11.8 Å². The minimum Gasteiger partial charge on any atom is -0.481 e. The highest BCUT2D eigenvalue weighted by Crippen LogP contribution is 2.63. The topological polar surface area (TPSA) is 79.7 Å². The first-order chi connectivity index (χ1) is 13.6. The van der Waals surface area contributed by atoms with E-state index in [0.29, 0.717) is 23.9 Å². The van der Waals surface area contributed by atoms with Crippen LogP contribution in [0.25, 0.3) is 0 Å². The molecule has 2 heterocycles. The zero-order valence-corrected chi connectivity index (χ0v) is 18.4. The van der Waals surface area contributed by atoms with E-state index in [4.69, 9.17) is 9.72 Å². The number of carboxylic acids is 1. The molecule has 0 amide bonds. The number of esters is 1. The van der Waals surface area contributed by atoms with Gasteiger partial charge in [-0.25, -0.2) is 9.78 Å². The monoisotopic (exact) mass is 418 g/mol. The third-order valence-electron chi connectivity index (χ3n) is 6.43. The second-order valence-corrected chi connectivity index (χ2v) is 11.1. The van der Waals surface area contributed by atoms with Crippen LogP contribution < -0.4 is 4.90 Å². The lowest BCUT2D eigenvalue weighted by molar-refractivity contribution is -0.139. The SMILES string of the molecule is CC(C)(C)OC(=O)c1ccc(N2C[C@H]3C(C(=O)O)[C@]3(C)C2)nc1SC1CCCC1. The molecule has 158 valence electrons. The second-order valence-electron chi connectivity index (χ2n) is 9.86. The molecule has 29 heavy (non-hydrogen) atoms. The molecule has 3 fully saturated rings. The summed E-state index contributed by atoms with van der Waals surface area (Å²) < 4.78 is 5.60. The highest BCUT2D eigenvalue weighted by atomic mass is 32.2. The number of aromatic nitrogens is 1. The van der Waals surface area contributed by atoms with Crippen molar-refractivity contribution in [3.8, 4) is 0 Å². The molecular formula is C22H30N2O4S. The van der Waals surface area contributed by atoms with Gasteiger partial charge in [-0.15, -0.1) is 11.8 Å². The largest absolute Gasteiger partial charge is 0.481 e. The number of carbonyl (C=O) groups excluding carboxylic acids is 1. The summed E-state index contributed by atoms with van der Waals surface area (Å²) in [6.45, 7) is 9.06. The fourth-order valence-electron chi connectivity index (χ4n) is 4.88. The predicted octanol–water partition coefficient (Wildman–Crippen LogP) is 4.23. The fourth-order valence-corrected chi connectivity index (χ4v) is 6.19. The number of hydrogen-bond acceptors (Lipinski definition) is 6. The first-order valence-electron chi connectivity index (χ1n) is 10.5. The fraction of sp³-hybridized carbons (Fsp3) is 0.682. The van der Waals surface area contributed by atoms with Crippen molar-refractivity contribution in [3.05, 3.63) is 17.7 Å². The molecule has 2 aliphatic carbocycles. The van der Waals surface area contributed by atoms with Gasteiger partial charge in [0, 0.05) is 23.8 Å². The molecule has 1 aliphatic heterocycles. The molecule has 0 bridgehead atoms. The number of aliphatic carboxylic acids is 1. The lowest BCUT2D eigenvalue weighted by Gasteiger charge is -2.24. The van der Waals surface area contributed by atoms with Gasteiger partial charge in [-0.05, 0) is 51.7 Å². The number of piperidine rings is 1. The first-order valence-corrected chi connectivity index (χ1v) is 11.4. The minimum absolute atomic E-state index is 0.171. The van der Waals surface area contributed by atoms with Gasteiger partial charge in [0.2, 0.25) is 0 Å². The maximum Gasteiger partial charge on any atom is 0.341 e. The molecule has 2 saturated carbocycles.